The molecule has 0 saturated heterocycles. The van der Waals surface area contributed by atoms with Gasteiger partial charge in [0.15, 0.2) is 11.4 Å². The normalized spacial score (nSPS) is 11.5. The van der Waals surface area contributed by atoms with E-state index in [1.165, 1.54) is 0 Å². The van der Waals surface area contributed by atoms with Crippen molar-refractivity contribution in [2.45, 2.75) is 0 Å². The summed E-state index contributed by atoms with van der Waals surface area (Å²) >= 11 is 5.54. The zero-order valence-electron chi connectivity index (χ0n) is 7.40. The van der Waals surface area contributed by atoms with Gasteiger partial charge < -0.3 is 10.3 Å². The molecule has 1 heterocycles. The Balaban J connectivity index is 2.49. The molecule has 0 aliphatic rings. The summed E-state index contributed by atoms with van der Waals surface area (Å²) in [5.74, 6) is 0.915. The van der Waals surface area contributed by atoms with Gasteiger partial charge in [-0.3, -0.25) is 0 Å². The van der Waals surface area contributed by atoms with Crippen molar-refractivity contribution in [3.05, 3.63) is 29.8 Å². The van der Waals surface area contributed by atoms with Gasteiger partial charge in [0.05, 0.1) is 5.39 Å². The Bertz CT molecular complexity index is 476. The number of nitrogens with zero attached hydrogens (tertiary/aromatic N) is 1. The van der Waals surface area contributed by atoms with Gasteiger partial charge in [0.1, 0.15) is 0 Å². The van der Waals surface area contributed by atoms with Gasteiger partial charge in [0, 0.05) is 5.88 Å². The third-order valence-electron chi connectivity index (χ3n) is 1.92. The summed E-state index contributed by atoms with van der Waals surface area (Å²) in [5.41, 5.74) is 7.35. The molecular weight excluding hydrogens is 200 g/mol. The van der Waals surface area contributed by atoms with Crippen molar-refractivity contribution in [3.8, 4) is 0 Å². The van der Waals surface area contributed by atoms with Crippen LogP contribution in [0.4, 0.5) is 5.82 Å². The highest BCUT2D eigenvalue weighted by Gasteiger charge is 2.03. The molecule has 0 unspecified atom stereocenters. The first-order valence-corrected chi connectivity index (χ1v) is 4.72. The Morgan fingerprint density at radius 2 is 2.36 bits per heavy atom. The number of aromatic nitrogens is 1. The molecule has 0 bridgehead atoms. The maximum atomic E-state index is 5.62. The number of nitrogen functional groups attached to an aromatic ring is 1. The van der Waals surface area contributed by atoms with Crippen LogP contribution in [0.15, 0.2) is 28.8 Å². The molecule has 0 saturated carbocycles. The predicted octanol–water partition coefficient (Wildman–Crippen LogP) is 2.66. The van der Waals surface area contributed by atoms with E-state index in [9.17, 15) is 0 Å². The quantitative estimate of drug-likeness (QED) is 0.772. The minimum Gasteiger partial charge on any atom is -0.380 e. The minimum absolute atomic E-state index is 0.418. The van der Waals surface area contributed by atoms with E-state index in [4.69, 9.17) is 21.9 Å². The third-order valence-corrected chi connectivity index (χ3v) is 2.10. The summed E-state index contributed by atoms with van der Waals surface area (Å²) in [6.45, 7) is 0. The molecule has 72 valence electrons. The molecule has 3 nitrogen and oxygen atoms in total. The molecule has 2 aromatic rings. The van der Waals surface area contributed by atoms with Crippen LogP contribution in [0.5, 0.6) is 0 Å². The Morgan fingerprint density at radius 1 is 1.50 bits per heavy atom. The first-order valence-electron chi connectivity index (χ1n) is 4.18. The van der Waals surface area contributed by atoms with Crippen LogP contribution in [0.1, 0.15) is 5.56 Å². The highest BCUT2D eigenvalue weighted by molar-refractivity contribution is 6.19. The number of alkyl halides is 1. The number of nitrogens with two attached hydrogens (primary N) is 1. The Kier molecular flexibility index (Phi) is 2.41. The van der Waals surface area contributed by atoms with Crippen molar-refractivity contribution >= 4 is 34.5 Å². The van der Waals surface area contributed by atoms with E-state index >= 15 is 0 Å². The van der Waals surface area contributed by atoms with Crippen LogP contribution in [0.2, 0.25) is 0 Å². The van der Waals surface area contributed by atoms with Gasteiger partial charge in [-0.05, 0) is 17.7 Å². The van der Waals surface area contributed by atoms with Crippen LogP contribution < -0.4 is 5.73 Å². The molecule has 2 N–H and O–H groups in total. The molecule has 0 aliphatic carbocycles. The summed E-state index contributed by atoms with van der Waals surface area (Å²) in [6.07, 6.45) is 3.80. The van der Waals surface area contributed by atoms with Crippen molar-refractivity contribution in [2.24, 2.45) is 0 Å². The fourth-order valence-corrected chi connectivity index (χ4v) is 1.35. The maximum Gasteiger partial charge on any atom is 0.174 e. The molecule has 0 atom stereocenters. The zero-order valence-corrected chi connectivity index (χ0v) is 8.16. The molecule has 0 spiro atoms. The van der Waals surface area contributed by atoms with Crippen LogP contribution in [0.3, 0.4) is 0 Å². The summed E-state index contributed by atoms with van der Waals surface area (Å²) in [4.78, 5) is 0. The van der Waals surface area contributed by atoms with Gasteiger partial charge in [-0.2, -0.15) is 0 Å². The fourth-order valence-electron chi connectivity index (χ4n) is 1.26. The average Bonchev–Trinajstić information content (AvgIpc) is 2.57. The largest absolute Gasteiger partial charge is 0.380 e. The van der Waals surface area contributed by atoms with E-state index in [0.717, 1.165) is 10.9 Å². The van der Waals surface area contributed by atoms with E-state index in [1.807, 2.05) is 30.4 Å². The second-order valence-electron chi connectivity index (χ2n) is 2.88. The number of fused-ring (bicyclic) bond motifs is 1. The first-order chi connectivity index (χ1) is 6.81. The highest BCUT2D eigenvalue weighted by Crippen LogP contribution is 2.21. The lowest BCUT2D eigenvalue weighted by Crippen LogP contribution is -1.83. The molecule has 0 amide bonds. The zero-order chi connectivity index (χ0) is 9.97. The number of rotatable bonds is 2. The number of benzene rings is 1. The van der Waals surface area contributed by atoms with E-state index in [0.29, 0.717) is 17.3 Å². The Labute approximate surface area is 86.1 Å². The smallest absolute Gasteiger partial charge is 0.174 e. The lowest BCUT2D eigenvalue weighted by atomic mass is 10.1. The Hall–Kier alpha value is -1.48. The predicted molar refractivity (Wildman–Crippen MR) is 58.2 cm³/mol. The van der Waals surface area contributed by atoms with Crippen LogP contribution in [0.25, 0.3) is 17.0 Å². The minimum atomic E-state index is 0.418. The molecule has 0 radical (unpaired) electrons. The monoisotopic (exact) mass is 208 g/mol. The number of anilines is 1. The molecular formula is C10H9ClN2O. The van der Waals surface area contributed by atoms with Crippen molar-refractivity contribution in [2.75, 3.05) is 11.6 Å². The number of hydrogen-bond donors (Lipinski definition) is 1. The van der Waals surface area contributed by atoms with Crippen molar-refractivity contribution in [3.63, 3.8) is 0 Å². The third kappa shape index (κ3) is 1.59. The number of halogens is 1. The van der Waals surface area contributed by atoms with Crippen molar-refractivity contribution < 1.29 is 4.52 Å². The second-order valence-corrected chi connectivity index (χ2v) is 3.19. The molecule has 0 fully saturated rings. The molecule has 14 heavy (non-hydrogen) atoms. The van der Waals surface area contributed by atoms with E-state index < -0.39 is 0 Å². The first kappa shape index (κ1) is 9.09. The number of hydrogen-bond acceptors (Lipinski definition) is 3. The molecule has 1 aromatic carbocycles. The van der Waals surface area contributed by atoms with Gasteiger partial charge in [0.25, 0.3) is 0 Å². The molecule has 4 heteroatoms. The van der Waals surface area contributed by atoms with Gasteiger partial charge in [-0.25, -0.2) is 0 Å². The van der Waals surface area contributed by atoms with Crippen LogP contribution in [-0.2, 0) is 0 Å². The lowest BCUT2D eigenvalue weighted by Gasteiger charge is -1.92. The highest BCUT2D eigenvalue weighted by atomic mass is 35.5. The van der Waals surface area contributed by atoms with Crippen LogP contribution in [0, 0.1) is 0 Å². The van der Waals surface area contributed by atoms with E-state index in [-0.39, 0.29) is 0 Å². The fraction of sp³-hybridized carbons (Fsp3) is 0.100. The average molecular weight is 209 g/mol. The molecule has 1 aromatic heterocycles. The Morgan fingerprint density at radius 3 is 3.14 bits per heavy atom. The van der Waals surface area contributed by atoms with E-state index in [2.05, 4.69) is 5.16 Å². The SMILES string of the molecule is Nc1noc2ccc(C=CCCl)cc12. The standard InChI is InChI=1S/C10H9ClN2O/c11-5-1-2-7-3-4-9-8(6-7)10(12)13-14-9/h1-4,6H,5H2,(H2,12,13). The topological polar surface area (TPSA) is 52.0 Å². The van der Waals surface area contributed by atoms with Crippen molar-refractivity contribution in [1.82, 2.24) is 5.16 Å². The molecule has 2 rings (SSSR count). The lowest BCUT2D eigenvalue weighted by molar-refractivity contribution is 0.460. The van der Waals surface area contributed by atoms with Gasteiger partial charge in [-0.15, -0.1) is 11.6 Å². The van der Waals surface area contributed by atoms with Crippen molar-refractivity contribution in [1.29, 1.82) is 0 Å². The van der Waals surface area contributed by atoms with Crippen LogP contribution >= 0.6 is 11.6 Å². The maximum absolute atomic E-state index is 5.62. The number of allylic oxidation sites excluding steroid dienone is 1. The molecule has 0 aliphatic heterocycles. The van der Waals surface area contributed by atoms with Crippen LogP contribution in [-0.4, -0.2) is 11.0 Å². The summed E-state index contributed by atoms with van der Waals surface area (Å²) in [6, 6.07) is 5.69. The van der Waals surface area contributed by atoms with E-state index in [1.54, 1.807) is 0 Å². The van der Waals surface area contributed by atoms with Gasteiger partial charge >= 0.3 is 0 Å². The summed E-state index contributed by atoms with van der Waals surface area (Å²) < 4.78 is 4.98. The second kappa shape index (κ2) is 3.72. The summed E-state index contributed by atoms with van der Waals surface area (Å²) in [7, 11) is 0. The van der Waals surface area contributed by atoms with Gasteiger partial charge in [0.2, 0.25) is 0 Å². The van der Waals surface area contributed by atoms with Gasteiger partial charge in [-0.1, -0.05) is 23.4 Å². The summed E-state index contributed by atoms with van der Waals surface area (Å²) in [5, 5.41) is 4.50.